The van der Waals surface area contributed by atoms with Gasteiger partial charge in [0.15, 0.2) is 6.61 Å². The molecule has 3 aromatic rings. The Morgan fingerprint density at radius 3 is 2.19 bits per heavy atom. The van der Waals surface area contributed by atoms with Gasteiger partial charge in [-0.05, 0) is 81.0 Å². The van der Waals surface area contributed by atoms with Crippen LogP contribution < -0.4 is 31.3 Å². The number of alkyl halides is 3. The molecule has 2 fully saturated rings. The molecule has 19 heteroatoms. The Balaban J connectivity index is 1.18. The number of rotatable bonds is 18. The summed E-state index contributed by atoms with van der Waals surface area (Å²) in [6.45, 7) is 1.52. The molecule has 0 unspecified atom stereocenters. The second-order valence-corrected chi connectivity index (χ2v) is 13.4. The smallest absolute Gasteiger partial charge is 0.422 e. The zero-order valence-electron chi connectivity index (χ0n) is 29.5. The van der Waals surface area contributed by atoms with Crippen LogP contribution in [0.3, 0.4) is 0 Å². The first kappa shape index (κ1) is 40.0. The molecule has 2 aromatic carbocycles. The standard InChI is InChI=1S/C35H40ClF3N8O7/c1-3-53-19-33(13-14-33)18-41-28(50)27(49)40-17-12-25(29(51)52-2)43-26(48)21-4-10-24(11-5-21)42-30-44-31(46-32(45-30)54-20-35(37,38)39)47-34(15-16-34)22-6-8-23(36)9-7-22/h4-11,25H,3,12-20H2,1-2H3,(H,40,49)(H,41,50)(H,43,48)(H2,42,44,45,46,47)/t25-/m1/s1. The third kappa shape index (κ3) is 11.4. The number of methoxy groups -OCH3 is 1. The number of carbonyl (C=O) groups excluding carboxylic acids is 4. The van der Waals surface area contributed by atoms with Gasteiger partial charge in [0.2, 0.25) is 11.9 Å². The lowest BCUT2D eigenvalue weighted by Crippen LogP contribution is -2.46. The van der Waals surface area contributed by atoms with Crippen LogP contribution in [0.2, 0.25) is 5.02 Å². The molecule has 54 heavy (non-hydrogen) atoms. The number of nitrogens with zero attached hydrogens (tertiary/aromatic N) is 3. The second kappa shape index (κ2) is 17.3. The van der Waals surface area contributed by atoms with Crippen LogP contribution in [-0.2, 0) is 29.4 Å². The zero-order valence-corrected chi connectivity index (χ0v) is 30.2. The summed E-state index contributed by atoms with van der Waals surface area (Å²) in [5.74, 6) is -3.26. The number of anilines is 3. The van der Waals surface area contributed by atoms with E-state index in [1.807, 2.05) is 19.1 Å². The van der Waals surface area contributed by atoms with Crippen molar-refractivity contribution in [1.82, 2.24) is 30.9 Å². The number of aromatic nitrogens is 3. The average Bonchev–Trinajstić information content (AvgIpc) is 4.09. The van der Waals surface area contributed by atoms with Crippen molar-refractivity contribution in [2.75, 3.05) is 50.7 Å². The number of hydrogen-bond acceptors (Lipinski definition) is 12. The van der Waals surface area contributed by atoms with Crippen molar-refractivity contribution >= 4 is 52.9 Å². The Bertz CT molecular complexity index is 1810. The predicted molar refractivity (Wildman–Crippen MR) is 189 cm³/mol. The van der Waals surface area contributed by atoms with E-state index in [4.69, 9.17) is 25.8 Å². The fourth-order valence-electron chi connectivity index (χ4n) is 5.37. The van der Waals surface area contributed by atoms with Gasteiger partial charge in [-0.25, -0.2) is 4.79 Å². The summed E-state index contributed by atoms with van der Waals surface area (Å²) >= 11 is 6.03. The van der Waals surface area contributed by atoms with Gasteiger partial charge >= 0.3 is 30.0 Å². The molecule has 15 nitrogen and oxygen atoms in total. The molecule has 2 aliphatic rings. The summed E-state index contributed by atoms with van der Waals surface area (Å²) in [5.41, 5.74) is 0.701. The first-order valence-electron chi connectivity index (χ1n) is 17.1. The van der Waals surface area contributed by atoms with Gasteiger partial charge in [0.05, 0.1) is 19.3 Å². The van der Waals surface area contributed by atoms with Crippen molar-refractivity contribution in [2.45, 2.75) is 56.8 Å². The number of ether oxygens (including phenoxy) is 3. The van der Waals surface area contributed by atoms with E-state index in [1.54, 1.807) is 12.1 Å². The number of amides is 3. The SMILES string of the molecule is CCOCC1(CNC(=O)C(=O)NCC[C@@H](NC(=O)c2ccc(Nc3nc(NC4(c5ccc(Cl)cc5)CC4)nc(OCC(F)(F)F)n3)cc2)C(=O)OC)CC1. The molecule has 1 atom stereocenters. The molecule has 0 saturated heterocycles. The minimum absolute atomic E-state index is 0.0250. The topological polar surface area (TPSA) is 195 Å². The van der Waals surface area contributed by atoms with E-state index in [2.05, 4.69) is 41.5 Å². The molecule has 2 saturated carbocycles. The summed E-state index contributed by atoms with van der Waals surface area (Å²) in [6.07, 6.45) is -1.49. The van der Waals surface area contributed by atoms with Crippen molar-refractivity contribution < 1.29 is 46.6 Å². The zero-order chi connectivity index (χ0) is 38.9. The Hall–Kier alpha value is -5.23. The Labute approximate surface area is 313 Å². The van der Waals surface area contributed by atoms with Crippen LogP contribution >= 0.6 is 11.6 Å². The van der Waals surface area contributed by atoms with Gasteiger partial charge in [-0.1, -0.05) is 23.7 Å². The van der Waals surface area contributed by atoms with Crippen molar-refractivity contribution in [3.8, 4) is 6.01 Å². The summed E-state index contributed by atoms with van der Waals surface area (Å²) in [6, 6.07) is 11.3. The minimum atomic E-state index is -4.63. The van der Waals surface area contributed by atoms with Gasteiger partial charge in [0, 0.05) is 41.4 Å². The maximum absolute atomic E-state index is 13.1. The van der Waals surface area contributed by atoms with Crippen molar-refractivity contribution in [3.63, 3.8) is 0 Å². The van der Waals surface area contributed by atoms with Gasteiger partial charge in [0.1, 0.15) is 6.04 Å². The van der Waals surface area contributed by atoms with Crippen LogP contribution in [0.4, 0.5) is 30.8 Å². The van der Waals surface area contributed by atoms with Crippen LogP contribution in [0.1, 0.15) is 54.9 Å². The van der Waals surface area contributed by atoms with Crippen LogP contribution in [0.15, 0.2) is 48.5 Å². The minimum Gasteiger partial charge on any atom is -0.467 e. The lowest BCUT2D eigenvalue weighted by Gasteiger charge is -2.19. The largest absolute Gasteiger partial charge is 0.467 e. The Morgan fingerprint density at radius 1 is 0.907 bits per heavy atom. The third-order valence-electron chi connectivity index (χ3n) is 8.79. The number of carbonyl (C=O) groups is 4. The molecule has 290 valence electrons. The summed E-state index contributed by atoms with van der Waals surface area (Å²) in [7, 11) is 1.15. The summed E-state index contributed by atoms with van der Waals surface area (Å²) < 4.78 is 53.9. The van der Waals surface area contributed by atoms with Crippen LogP contribution in [0.5, 0.6) is 6.01 Å². The van der Waals surface area contributed by atoms with Crippen LogP contribution in [0, 0.1) is 5.41 Å². The molecule has 3 amide bonds. The van der Waals surface area contributed by atoms with E-state index in [1.165, 1.54) is 24.3 Å². The molecular formula is C35H40ClF3N8O7. The van der Waals surface area contributed by atoms with Crippen molar-refractivity contribution in [3.05, 3.63) is 64.7 Å². The first-order valence-corrected chi connectivity index (χ1v) is 17.5. The molecule has 5 N–H and O–H groups in total. The highest BCUT2D eigenvalue weighted by Crippen LogP contribution is 2.48. The molecule has 1 heterocycles. The monoisotopic (exact) mass is 776 g/mol. The molecule has 2 aliphatic carbocycles. The van der Waals surface area contributed by atoms with E-state index in [0.29, 0.717) is 43.3 Å². The van der Waals surface area contributed by atoms with Crippen molar-refractivity contribution in [2.24, 2.45) is 5.41 Å². The molecule has 0 bridgehead atoms. The lowest BCUT2D eigenvalue weighted by atomic mass is 10.1. The number of nitrogens with one attached hydrogen (secondary N) is 5. The van der Waals surface area contributed by atoms with Crippen molar-refractivity contribution in [1.29, 1.82) is 0 Å². The number of esters is 1. The quantitative estimate of drug-likeness (QED) is 0.0922. The van der Waals surface area contributed by atoms with E-state index in [9.17, 15) is 32.3 Å². The fourth-order valence-corrected chi connectivity index (χ4v) is 5.49. The fraction of sp³-hybridized carbons (Fsp3) is 0.457. The maximum Gasteiger partial charge on any atom is 0.422 e. The molecule has 0 aliphatic heterocycles. The Morgan fingerprint density at radius 2 is 1.57 bits per heavy atom. The van der Waals surface area contributed by atoms with E-state index in [-0.39, 0.29) is 35.8 Å². The summed E-state index contributed by atoms with van der Waals surface area (Å²) in [4.78, 5) is 62.5. The maximum atomic E-state index is 13.1. The normalized spacial score (nSPS) is 15.6. The van der Waals surface area contributed by atoms with Crippen LogP contribution in [0.25, 0.3) is 0 Å². The van der Waals surface area contributed by atoms with Gasteiger partial charge in [0.25, 0.3) is 5.91 Å². The first-order chi connectivity index (χ1) is 25.7. The average molecular weight is 777 g/mol. The lowest BCUT2D eigenvalue weighted by molar-refractivity contribution is -0.154. The second-order valence-electron chi connectivity index (χ2n) is 13.0. The van der Waals surface area contributed by atoms with Crippen LogP contribution in [-0.4, -0.2) is 90.9 Å². The third-order valence-corrected chi connectivity index (χ3v) is 9.04. The molecule has 0 radical (unpaired) electrons. The number of halogens is 4. The highest BCUT2D eigenvalue weighted by molar-refractivity contribution is 6.35. The van der Waals surface area contributed by atoms with Gasteiger partial charge in [-0.2, -0.15) is 28.1 Å². The predicted octanol–water partition coefficient (Wildman–Crippen LogP) is 4.02. The number of benzene rings is 2. The number of hydrogen-bond donors (Lipinski definition) is 5. The van der Waals surface area contributed by atoms with E-state index < -0.39 is 54.1 Å². The van der Waals surface area contributed by atoms with Gasteiger partial charge in [-0.3, -0.25) is 14.4 Å². The molecule has 0 spiro atoms. The molecule has 1 aromatic heterocycles. The van der Waals surface area contributed by atoms with Gasteiger partial charge in [-0.15, -0.1) is 0 Å². The highest BCUT2D eigenvalue weighted by atomic mass is 35.5. The molecule has 5 rings (SSSR count). The van der Waals surface area contributed by atoms with Gasteiger partial charge < -0.3 is 40.8 Å². The Kier molecular flexibility index (Phi) is 12.8. The van der Waals surface area contributed by atoms with E-state index in [0.717, 1.165) is 25.5 Å². The summed E-state index contributed by atoms with van der Waals surface area (Å²) in [5, 5.41) is 14.2. The molecular weight excluding hydrogens is 737 g/mol. The van der Waals surface area contributed by atoms with E-state index >= 15 is 0 Å². The highest BCUT2D eigenvalue weighted by Gasteiger charge is 2.45.